The van der Waals surface area contributed by atoms with E-state index in [1.165, 1.54) is 0 Å². The number of hydrogen-bond donors (Lipinski definition) is 2. The van der Waals surface area contributed by atoms with Gasteiger partial charge in [-0.2, -0.15) is 0 Å². The van der Waals surface area contributed by atoms with Gasteiger partial charge < -0.3 is 15.5 Å². The molecule has 2 atom stereocenters. The average molecular weight is 432 g/mol. The van der Waals surface area contributed by atoms with Crippen molar-refractivity contribution in [2.45, 2.75) is 39.2 Å². The predicted molar refractivity (Wildman–Crippen MR) is 125 cm³/mol. The van der Waals surface area contributed by atoms with Gasteiger partial charge in [0.25, 0.3) is 0 Å². The number of hydrogen-bond acceptors (Lipinski definition) is 3. The minimum atomic E-state index is -0.476. The molecule has 30 heavy (non-hydrogen) atoms. The van der Waals surface area contributed by atoms with Gasteiger partial charge in [-0.1, -0.05) is 56.3 Å². The highest BCUT2D eigenvalue weighted by molar-refractivity contribution is 5.90. The van der Waals surface area contributed by atoms with E-state index in [9.17, 15) is 9.59 Å². The SMILES string of the molecule is CNCC1CCCN(C(=O)C(NC(=O)Cc2ccc3ccccc3c2)C(C)C)C1.Cl. The minimum absolute atomic E-state index is 0. The number of likely N-dealkylation sites (tertiary alicyclic amines) is 1. The third-order valence-electron chi connectivity index (χ3n) is 5.75. The molecule has 0 aliphatic carbocycles. The van der Waals surface area contributed by atoms with Gasteiger partial charge >= 0.3 is 0 Å². The van der Waals surface area contributed by atoms with E-state index >= 15 is 0 Å². The second-order valence-corrected chi connectivity index (χ2v) is 8.50. The third-order valence-corrected chi connectivity index (χ3v) is 5.75. The van der Waals surface area contributed by atoms with Gasteiger partial charge in [-0.05, 0) is 54.6 Å². The Morgan fingerprint density at radius 1 is 1.13 bits per heavy atom. The summed E-state index contributed by atoms with van der Waals surface area (Å²) in [7, 11) is 1.95. The third kappa shape index (κ3) is 6.19. The lowest BCUT2D eigenvalue weighted by Crippen LogP contribution is -2.54. The van der Waals surface area contributed by atoms with E-state index in [0.717, 1.165) is 48.8 Å². The lowest BCUT2D eigenvalue weighted by molar-refractivity contribution is -0.139. The quantitative estimate of drug-likeness (QED) is 0.706. The van der Waals surface area contributed by atoms with Crippen LogP contribution in [0.1, 0.15) is 32.3 Å². The molecular weight excluding hydrogens is 398 g/mol. The van der Waals surface area contributed by atoms with E-state index in [-0.39, 0.29) is 36.6 Å². The summed E-state index contributed by atoms with van der Waals surface area (Å²) in [4.78, 5) is 27.8. The summed E-state index contributed by atoms with van der Waals surface area (Å²) in [6.07, 6.45) is 2.45. The monoisotopic (exact) mass is 431 g/mol. The minimum Gasteiger partial charge on any atom is -0.344 e. The molecular formula is C24H34ClN3O2. The summed E-state index contributed by atoms with van der Waals surface area (Å²) < 4.78 is 0. The Labute approximate surface area is 186 Å². The van der Waals surface area contributed by atoms with Crippen LogP contribution in [0.3, 0.4) is 0 Å². The molecule has 6 heteroatoms. The number of nitrogens with zero attached hydrogens (tertiary/aromatic N) is 1. The highest BCUT2D eigenvalue weighted by atomic mass is 35.5. The first-order chi connectivity index (χ1) is 14.0. The zero-order chi connectivity index (χ0) is 20.8. The molecule has 1 aliphatic heterocycles. The van der Waals surface area contributed by atoms with Crippen molar-refractivity contribution in [3.05, 3.63) is 48.0 Å². The van der Waals surface area contributed by atoms with E-state index in [2.05, 4.69) is 22.8 Å². The van der Waals surface area contributed by atoms with Crippen LogP contribution in [0.5, 0.6) is 0 Å². The van der Waals surface area contributed by atoms with Gasteiger partial charge in [0.1, 0.15) is 6.04 Å². The maximum atomic E-state index is 13.1. The Kier molecular flexibility index (Phi) is 9.12. The van der Waals surface area contributed by atoms with E-state index in [4.69, 9.17) is 0 Å². The molecule has 1 fully saturated rings. The molecule has 0 spiro atoms. The first-order valence-electron chi connectivity index (χ1n) is 10.7. The van der Waals surface area contributed by atoms with Crippen LogP contribution >= 0.6 is 12.4 Å². The van der Waals surface area contributed by atoms with Gasteiger partial charge in [0.15, 0.2) is 0 Å². The Hall–Kier alpha value is -2.11. The molecule has 5 nitrogen and oxygen atoms in total. The first kappa shape index (κ1) is 24.2. The molecule has 2 aromatic rings. The van der Waals surface area contributed by atoms with Gasteiger partial charge in [-0.3, -0.25) is 9.59 Å². The highest BCUT2D eigenvalue weighted by Gasteiger charge is 2.31. The van der Waals surface area contributed by atoms with Crippen molar-refractivity contribution in [1.82, 2.24) is 15.5 Å². The molecule has 2 unspecified atom stereocenters. The van der Waals surface area contributed by atoms with Crippen LogP contribution in [0.15, 0.2) is 42.5 Å². The Bertz CT molecular complexity index is 853. The maximum Gasteiger partial charge on any atom is 0.245 e. The van der Waals surface area contributed by atoms with Crippen molar-refractivity contribution in [1.29, 1.82) is 0 Å². The number of amides is 2. The molecule has 0 aromatic heterocycles. The van der Waals surface area contributed by atoms with E-state index in [1.54, 1.807) is 0 Å². The second-order valence-electron chi connectivity index (χ2n) is 8.50. The van der Waals surface area contributed by atoms with Gasteiger partial charge in [-0.15, -0.1) is 12.4 Å². The molecule has 1 saturated heterocycles. The molecule has 1 aliphatic rings. The van der Waals surface area contributed by atoms with Gasteiger partial charge in [-0.25, -0.2) is 0 Å². The molecule has 3 rings (SSSR count). The van der Waals surface area contributed by atoms with E-state index < -0.39 is 6.04 Å². The van der Waals surface area contributed by atoms with Crippen molar-refractivity contribution >= 4 is 35.0 Å². The number of carbonyl (C=O) groups is 2. The van der Waals surface area contributed by atoms with Crippen LogP contribution in [0.25, 0.3) is 10.8 Å². The van der Waals surface area contributed by atoms with Gasteiger partial charge in [0.05, 0.1) is 6.42 Å². The van der Waals surface area contributed by atoms with Crippen molar-refractivity contribution < 1.29 is 9.59 Å². The number of halogens is 1. The molecule has 2 aromatic carbocycles. The predicted octanol–water partition coefficient (Wildman–Crippen LogP) is 3.40. The second kappa shape index (κ2) is 11.3. The molecule has 0 radical (unpaired) electrons. The Morgan fingerprint density at radius 3 is 2.57 bits per heavy atom. The largest absolute Gasteiger partial charge is 0.344 e. The normalized spacial score (nSPS) is 17.5. The first-order valence-corrected chi connectivity index (χ1v) is 10.7. The van der Waals surface area contributed by atoms with Crippen molar-refractivity contribution in [2.75, 3.05) is 26.7 Å². The van der Waals surface area contributed by atoms with E-state index in [0.29, 0.717) is 5.92 Å². The van der Waals surface area contributed by atoms with Gasteiger partial charge in [0.2, 0.25) is 11.8 Å². The summed E-state index contributed by atoms with van der Waals surface area (Å²) in [5.41, 5.74) is 0.961. The number of fused-ring (bicyclic) bond motifs is 1. The van der Waals surface area contributed by atoms with Crippen LogP contribution in [0.4, 0.5) is 0 Å². The van der Waals surface area contributed by atoms with Crippen LogP contribution in [0, 0.1) is 11.8 Å². The number of piperidine rings is 1. The molecule has 2 amide bonds. The zero-order valence-electron chi connectivity index (χ0n) is 18.2. The lowest BCUT2D eigenvalue weighted by Gasteiger charge is -2.36. The van der Waals surface area contributed by atoms with Crippen LogP contribution in [-0.4, -0.2) is 49.4 Å². The van der Waals surface area contributed by atoms with Crippen molar-refractivity contribution in [2.24, 2.45) is 11.8 Å². The summed E-state index contributed by atoms with van der Waals surface area (Å²) >= 11 is 0. The number of rotatable bonds is 7. The van der Waals surface area contributed by atoms with E-state index in [1.807, 2.05) is 56.1 Å². The fourth-order valence-electron chi connectivity index (χ4n) is 4.19. The van der Waals surface area contributed by atoms with Crippen LogP contribution in [-0.2, 0) is 16.0 Å². The molecule has 1 heterocycles. The smallest absolute Gasteiger partial charge is 0.245 e. The average Bonchev–Trinajstić information content (AvgIpc) is 2.71. The zero-order valence-corrected chi connectivity index (χ0v) is 19.0. The molecule has 0 saturated carbocycles. The fourth-order valence-corrected chi connectivity index (χ4v) is 4.19. The summed E-state index contributed by atoms with van der Waals surface area (Å²) in [5, 5.41) is 8.51. The lowest BCUT2D eigenvalue weighted by atomic mass is 9.95. The summed E-state index contributed by atoms with van der Waals surface area (Å²) in [6.45, 7) is 6.46. The van der Waals surface area contributed by atoms with Crippen molar-refractivity contribution in [3.8, 4) is 0 Å². The number of carbonyl (C=O) groups excluding carboxylic acids is 2. The Morgan fingerprint density at radius 2 is 1.87 bits per heavy atom. The maximum absolute atomic E-state index is 13.1. The molecule has 164 valence electrons. The van der Waals surface area contributed by atoms with Crippen LogP contribution < -0.4 is 10.6 Å². The summed E-state index contributed by atoms with van der Waals surface area (Å²) in [5.74, 6) is 0.482. The van der Waals surface area contributed by atoms with Crippen LogP contribution in [0.2, 0.25) is 0 Å². The summed E-state index contributed by atoms with van der Waals surface area (Å²) in [6, 6.07) is 13.7. The highest BCUT2D eigenvalue weighted by Crippen LogP contribution is 2.19. The molecule has 2 N–H and O–H groups in total. The fraction of sp³-hybridized carbons (Fsp3) is 0.500. The Balaban J connectivity index is 0.00000320. The van der Waals surface area contributed by atoms with Crippen molar-refractivity contribution in [3.63, 3.8) is 0 Å². The number of nitrogens with one attached hydrogen (secondary N) is 2. The topological polar surface area (TPSA) is 61.4 Å². The van der Waals surface area contributed by atoms with Gasteiger partial charge in [0, 0.05) is 13.1 Å². The standard InChI is InChI=1S/C24H33N3O2.ClH/c1-17(2)23(24(29)27-12-6-7-19(16-27)15-25-3)26-22(28)14-18-10-11-20-8-4-5-9-21(20)13-18;/h4-5,8-11,13,17,19,23,25H,6-7,12,14-16H2,1-3H3,(H,26,28);1H. The molecule has 0 bridgehead atoms. The number of benzene rings is 2.